The van der Waals surface area contributed by atoms with Gasteiger partial charge in [0.15, 0.2) is 6.29 Å². The predicted molar refractivity (Wildman–Crippen MR) is 118 cm³/mol. The quantitative estimate of drug-likeness (QED) is 0.459. The van der Waals surface area contributed by atoms with E-state index in [9.17, 15) is 22.7 Å². The molecule has 0 spiro atoms. The molecule has 3 aromatic carbocycles. The van der Waals surface area contributed by atoms with E-state index in [0.29, 0.717) is 25.8 Å². The lowest BCUT2D eigenvalue weighted by atomic mass is 10.0. The highest BCUT2D eigenvalue weighted by Crippen LogP contribution is 2.36. The summed E-state index contributed by atoms with van der Waals surface area (Å²) in [7, 11) is 0. The Morgan fingerprint density at radius 2 is 1.68 bits per heavy atom. The Kier molecular flexibility index (Phi) is 7.63. The van der Waals surface area contributed by atoms with Crippen molar-refractivity contribution in [2.45, 2.75) is 31.2 Å². The van der Waals surface area contributed by atoms with Gasteiger partial charge in [0.2, 0.25) is 0 Å². The molecule has 4 nitrogen and oxygen atoms in total. The molecule has 0 bridgehead atoms. The number of benzene rings is 3. The normalized spacial score (nSPS) is 20.3. The minimum atomic E-state index is -4.72. The molecule has 0 amide bonds. The number of morpholine rings is 1. The van der Waals surface area contributed by atoms with E-state index >= 15 is 0 Å². The van der Waals surface area contributed by atoms with Crippen molar-refractivity contribution in [2.24, 2.45) is 0 Å². The third-order valence-electron chi connectivity index (χ3n) is 5.76. The molecule has 1 aliphatic rings. The standard InChI is InChI=1S/C26H25F4NO3/c27-22-14-20(13-21(15-22)26(28,29)30)23(17-32)34-25-24(19-9-5-2-6-10-19)31(11-12-33-25)16-18-7-3-1-4-8-18/h1-10,13-15,23-25,32H,11-12,16-17H2/t23-,24+,25-/m1/s1. The van der Waals surface area contributed by atoms with Gasteiger partial charge in [0.25, 0.3) is 0 Å². The van der Waals surface area contributed by atoms with Gasteiger partial charge in [0.1, 0.15) is 11.9 Å². The number of ether oxygens (including phenoxy) is 2. The zero-order valence-electron chi connectivity index (χ0n) is 18.3. The summed E-state index contributed by atoms with van der Waals surface area (Å²) in [5, 5.41) is 9.95. The fourth-order valence-corrected chi connectivity index (χ4v) is 4.17. The smallest absolute Gasteiger partial charge is 0.393 e. The number of aliphatic hydroxyl groups is 1. The number of halogens is 4. The van der Waals surface area contributed by atoms with Gasteiger partial charge in [-0.05, 0) is 34.9 Å². The van der Waals surface area contributed by atoms with Gasteiger partial charge in [-0.15, -0.1) is 0 Å². The van der Waals surface area contributed by atoms with Crippen LogP contribution in [-0.4, -0.2) is 36.1 Å². The Bertz CT molecular complexity index is 1060. The average Bonchev–Trinajstić information content (AvgIpc) is 2.83. The Hall–Kier alpha value is -2.78. The molecule has 0 saturated carbocycles. The third kappa shape index (κ3) is 5.82. The molecule has 1 heterocycles. The Morgan fingerprint density at radius 3 is 2.32 bits per heavy atom. The number of alkyl halides is 3. The topological polar surface area (TPSA) is 41.9 Å². The molecule has 34 heavy (non-hydrogen) atoms. The number of aliphatic hydroxyl groups excluding tert-OH is 1. The third-order valence-corrected chi connectivity index (χ3v) is 5.76. The van der Waals surface area contributed by atoms with E-state index in [0.717, 1.165) is 23.3 Å². The maximum atomic E-state index is 14.0. The van der Waals surface area contributed by atoms with Gasteiger partial charge in [-0.25, -0.2) is 4.39 Å². The highest BCUT2D eigenvalue weighted by Gasteiger charge is 2.37. The van der Waals surface area contributed by atoms with Crippen molar-refractivity contribution in [2.75, 3.05) is 19.8 Å². The molecule has 1 saturated heterocycles. The molecule has 0 unspecified atom stereocenters. The van der Waals surface area contributed by atoms with E-state index in [1.165, 1.54) is 0 Å². The minimum absolute atomic E-state index is 0.106. The van der Waals surface area contributed by atoms with Gasteiger partial charge in [-0.2, -0.15) is 13.2 Å². The van der Waals surface area contributed by atoms with Crippen molar-refractivity contribution in [1.82, 2.24) is 4.90 Å². The summed E-state index contributed by atoms with van der Waals surface area (Å²) < 4.78 is 65.6. The van der Waals surface area contributed by atoms with Crippen LogP contribution in [0.5, 0.6) is 0 Å². The summed E-state index contributed by atoms with van der Waals surface area (Å²) in [4.78, 5) is 2.17. The molecule has 0 aromatic heterocycles. The fourth-order valence-electron chi connectivity index (χ4n) is 4.17. The second-order valence-electron chi connectivity index (χ2n) is 8.13. The largest absolute Gasteiger partial charge is 0.416 e. The Balaban J connectivity index is 1.64. The Morgan fingerprint density at radius 1 is 1.00 bits per heavy atom. The van der Waals surface area contributed by atoms with E-state index in [4.69, 9.17) is 9.47 Å². The number of nitrogens with zero attached hydrogens (tertiary/aromatic N) is 1. The van der Waals surface area contributed by atoms with Crippen molar-refractivity contribution < 1.29 is 32.1 Å². The first-order chi connectivity index (χ1) is 16.3. The van der Waals surface area contributed by atoms with E-state index < -0.39 is 36.6 Å². The lowest BCUT2D eigenvalue weighted by Gasteiger charge is -2.42. The van der Waals surface area contributed by atoms with Crippen LogP contribution in [0.3, 0.4) is 0 Å². The first-order valence-corrected chi connectivity index (χ1v) is 10.9. The van der Waals surface area contributed by atoms with Gasteiger partial charge < -0.3 is 14.6 Å². The molecule has 0 aliphatic carbocycles. The van der Waals surface area contributed by atoms with Crippen LogP contribution in [0.25, 0.3) is 0 Å². The van der Waals surface area contributed by atoms with Crippen molar-refractivity contribution in [3.63, 3.8) is 0 Å². The summed E-state index contributed by atoms with van der Waals surface area (Å²) >= 11 is 0. The molecule has 0 radical (unpaired) electrons. The highest BCUT2D eigenvalue weighted by molar-refractivity contribution is 5.29. The summed E-state index contributed by atoms with van der Waals surface area (Å²) in [5.41, 5.74) is 0.739. The van der Waals surface area contributed by atoms with E-state index in [1.54, 1.807) is 0 Å². The van der Waals surface area contributed by atoms with Crippen LogP contribution >= 0.6 is 0 Å². The average molecular weight is 475 g/mol. The maximum Gasteiger partial charge on any atom is 0.416 e. The lowest BCUT2D eigenvalue weighted by Crippen LogP contribution is -2.46. The second-order valence-corrected chi connectivity index (χ2v) is 8.13. The number of hydrogen-bond donors (Lipinski definition) is 1. The van der Waals surface area contributed by atoms with Crippen LogP contribution in [0.15, 0.2) is 78.9 Å². The molecule has 1 fully saturated rings. The molecule has 3 aromatic rings. The van der Waals surface area contributed by atoms with Crippen molar-refractivity contribution in [1.29, 1.82) is 0 Å². The SMILES string of the molecule is OC[C@@H](O[C@H]1OCCN(Cc2ccccc2)[C@H]1c1ccccc1)c1cc(F)cc(C(F)(F)F)c1. The van der Waals surface area contributed by atoms with Gasteiger partial charge in [0, 0.05) is 13.1 Å². The van der Waals surface area contributed by atoms with Gasteiger partial charge in [-0.1, -0.05) is 60.7 Å². The van der Waals surface area contributed by atoms with Gasteiger partial charge in [-0.3, -0.25) is 4.90 Å². The van der Waals surface area contributed by atoms with Crippen LogP contribution in [0.4, 0.5) is 17.6 Å². The van der Waals surface area contributed by atoms with E-state index in [-0.39, 0.29) is 11.6 Å². The monoisotopic (exact) mass is 475 g/mol. The summed E-state index contributed by atoms with van der Waals surface area (Å²) in [6.45, 7) is 0.901. The van der Waals surface area contributed by atoms with Crippen LogP contribution in [-0.2, 0) is 22.2 Å². The van der Waals surface area contributed by atoms with Crippen LogP contribution in [0.2, 0.25) is 0 Å². The molecule has 1 N–H and O–H groups in total. The van der Waals surface area contributed by atoms with Gasteiger partial charge >= 0.3 is 6.18 Å². The Labute approximate surface area is 195 Å². The molecule has 1 aliphatic heterocycles. The van der Waals surface area contributed by atoms with Crippen molar-refractivity contribution >= 4 is 0 Å². The number of hydrogen-bond acceptors (Lipinski definition) is 4. The summed E-state index contributed by atoms with van der Waals surface area (Å²) in [5.74, 6) is -1.05. The second kappa shape index (κ2) is 10.7. The van der Waals surface area contributed by atoms with E-state index in [1.807, 2.05) is 60.7 Å². The minimum Gasteiger partial charge on any atom is -0.393 e. The number of rotatable bonds is 7. The molecular formula is C26H25F4NO3. The van der Waals surface area contributed by atoms with Crippen molar-refractivity contribution in [3.05, 3.63) is 107 Å². The van der Waals surface area contributed by atoms with Crippen LogP contribution in [0, 0.1) is 5.82 Å². The zero-order valence-corrected chi connectivity index (χ0v) is 18.3. The predicted octanol–water partition coefficient (Wildman–Crippen LogP) is 5.49. The molecular weight excluding hydrogens is 450 g/mol. The van der Waals surface area contributed by atoms with Crippen LogP contribution < -0.4 is 0 Å². The van der Waals surface area contributed by atoms with E-state index in [2.05, 4.69) is 4.90 Å². The lowest BCUT2D eigenvalue weighted by molar-refractivity contribution is -0.238. The summed E-state index contributed by atoms with van der Waals surface area (Å²) in [6.07, 6.45) is -6.82. The van der Waals surface area contributed by atoms with Crippen LogP contribution in [0.1, 0.15) is 34.4 Å². The zero-order chi connectivity index (χ0) is 24.1. The summed E-state index contributed by atoms with van der Waals surface area (Å²) in [6, 6.07) is 21.1. The van der Waals surface area contributed by atoms with Gasteiger partial charge in [0.05, 0.1) is 24.8 Å². The maximum absolute atomic E-state index is 14.0. The molecule has 3 atom stereocenters. The first-order valence-electron chi connectivity index (χ1n) is 10.9. The van der Waals surface area contributed by atoms with Crippen molar-refractivity contribution in [3.8, 4) is 0 Å². The fraction of sp³-hybridized carbons (Fsp3) is 0.308. The highest BCUT2D eigenvalue weighted by atomic mass is 19.4. The molecule has 8 heteroatoms. The molecule has 4 rings (SSSR count). The first kappa shape index (κ1) is 24.3. The molecule has 180 valence electrons.